The molecule has 2 unspecified atom stereocenters. The van der Waals surface area contributed by atoms with Gasteiger partial charge in [0.15, 0.2) is 5.16 Å². The first kappa shape index (κ1) is 11.5. The predicted molar refractivity (Wildman–Crippen MR) is 59.2 cm³/mol. The number of thioether (sulfide) groups is 1. The summed E-state index contributed by atoms with van der Waals surface area (Å²) in [6.07, 6.45) is 2.83. The third kappa shape index (κ3) is 2.99. The van der Waals surface area contributed by atoms with E-state index in [1.807, 2.05) is 11.6 Å². The van der Waals surface area contributed by atoms with Crippen LogP contribution in [0.1, 0.15) is 20.3 Å². The van der Waals surface area contributed by atoms with E-state index < -0.39 is 0 Å². The highest BCUT2D eigenvalue weighted by Crippen LogP contribution is 2.17. The molecule has 0 aliphatic heterocycles. The molecule has 1 aromatic rings. The molecule has 1 rings (SSSR count). The highest BCUT2D eigenvalue weighted by molar-refractivity contribution is 7.99. The molecule has 4 nitrogen and oxygen atoms in total. The van der Waals surface area contributed by atoms with Gasteiger partial charge in [-0.25, -0.2) is 0 Å². The SMILES string of the molecule is CCC(C)C(N)CSc1nncn1C. The van der Waals surface area contributed by atoms with Crippen molar-refractivity contribution < 1.29 is 0 Å². The minimum Gasteiger partial charge on any atom is -0.327 e. The third-order valence-electron chi connectivity index (χ3n) is 2.45. The molecule has 2 atom stereocenters. The van der Waals surface area contributed by atoms with Crippen LogP contribution in [-0.2, 0) is 7.05 Å². The van der Waals surface area contributed by atoms with E-state index in [-0.39, 0.29) is 6.04 Å². The smallest absolute Gasteiger partial charge is 0.190 e. The van der Waals surface area contributed by atoms with Gasteiger partial charge in [0, 0.05) is 18.8 Å². The van der Waals surface area contributed by atoms with E-state index in [0.29, 0.717) is 5.92 Å². The van der Waals surface area contributed by atoms with E-state index in [2.05, 4.69) is 24.0 Å². The largest absolute Gasteiger partial charge is 0.327 e. The van der Waals surface area contributed by atoms with Crippen molar-refractivity contribution >= 4 is 11.8 Å². The zero-order valence-corrected chi connectivity index (χ0v) is 9.79. The van der Waals surface area contributed by atoms with Gasteiger partial charge in [0.2, 0.25) is 0 Å². The molecule has 80 valence electrons. The van der Waals surface area contributed by atoms with Crippen molar-refractivity contribution in [2.45, 2.75) is 31.5 Å². The van der Waals surface area contributed by atoms with Gasteiger partial charge in [-0.3, -0.25) is 0 Å². The molecule has 0 fully saturated rings. The summed E-state index contributed by atoms with van der Waals surface area (Å²) >= 11 is 1.67. The number of nitrogens with two attached hydrogens (primary N) is 1. The highest BCUT2D eigenvalue weighted by Gasteiger charge is 2.12. The summed E-state index contributed by atoms with van der Waals surface area (Å²) in [5, 5.41) is 8.74. The summed E-state index contributed by atoms with van der Waals surface area (Å²) in [5.74, 6) is 1.47. The molecule has 0 radical (unpaired) electrons. The molecule has 5 heteroatoms. The summed E-state index contributed by atoms with van der Waals surface area (Å²) in [6.45, 7) is 4.35. The molecule has 0 spiro atoms. The maximum atomic E-state index is 6.02. The van der Waals surface area contributed by atoms with E-state index in [1.165, 1.54) is 0 Å². The van der Waals surface area contributed by atoms with Crippen molar-refractivity contribution in [1.82, 2.24) is 14.8 Å². The van der Waals surface area contributed by atoms with E-state index >= 15 is 0 Å². The number of aryl methyl sites for hydroxylation is 1. The van der Waals surface area contributed by atoms with Crippen LogP contribution in [0, 0.1) is 5.92 Å². The molecule has 0 aliphatic carbocycles. The molecular weight excluding hydrogens is 196 g/mol. The lowest BCUT2D eigenvalue weighted by Crippen LogP contribution is -2.30. The molecule has 0 aromatic carbocycles. The van der Waals surface area contributed by atoms with Crippen molar-refractivity contribution in [2.75, 3.05) is 5.75 Å². The maximum Gasteiger partial charge on any atom is 0.190 e. The summed E-state index contributed by atoms with van der Waals surface area (Å²) in [7, 11) is 1.94. The van der Waals surface area contributed by atoms with Gasteiger partial charge in [-0.05, 0) is 5.92 Å². The molecule has 0 amide bonds. The minimum absolute atomic E-state index is 0.238. The first-order valence-corrected chi connectivity index (χ1v) is 5.86. The Morgan fingerprint density at radius 2 is 2.36 bits per heavy atom. The van der Waals surface area contributed by atoms with Gasteiger partial charge >= 0.3 is 0 Å². The van der Waals surface area contributed by atoms with E-state index in [0.717, 1.165) is 17.3 Å². The Morgan fingerprint density at radius 1 is 1.64 bits per heavy atom. The van der Waals surface area contributed by atoms with Gasteiger partial charge in [0.25, 0.3) is 0 Å². The van der Waals surface area contributed by atoms with Crippen LogP contribution in [0.15, 0.2) is 11.5 Å². The molecule has 2 N–H and O–H groups in total. The van der Waals surface area contributed by atoms with Crippen molar-refractivity contribution in [3.8, 4) is 0 Å². The van der Waals surface area contributed by atoms with Gasteiger partial charge in [0.1, 0.15) is 6.33 Å². The fraction of sp³-hybridized carbons (Fsp3) is 0.778. The van der Waals surface area contributed by atoms with Crippen molar-refractivity contribution in [2.24, 2.45) is 18.7 Å². The lowest BCUT2D eigenvalue weighted by Gasteiger charge is -2.16. The van der Waals surface area contributed by atoms with Crippen LogP contribution in [0.5, 0.6) is 0 Å². The average Bonchev–Trinajstić information content (AvgIpc) is 2.59. The second-order valence-electron chi connectivity index (χ2n) is 3.58. The molecule has 1 heterocycles. The normalized spacial score (nSPS) is 15.4. The Kier molecular flexibility index (Phi) is 4.41. The van der Waals surface area contributed by atoms with Crippen LogP contribution in [0.2, 0.25) is 0 Å². The fourth-order valence-corrected chi connectivity index (χ4v) is 2.07. The summed E-state index contributed by atoms with van der Waals surface area (Å²) in [6, 6.07) is 0.238. The van der Waals surface area contributed by atoms with Crippen LogP contribution in [0.3, 0.4) is 0 Å². The number of nitrogens with zero attached hydrogens (tertiary/aromatic N) is 3. The zero-order valence-electron chi connectivity index (χ0n) is 8.97. The van der Waals surface area contributed by atoms with Crippen molar-refractivity contribution in [1.29, 1.82) is 0 Å². The molecule has 0 saturated carbocycles. The Balaban J connectivity index is 2.37. The molecule has 14 heavy (non-hydrogen) atoms. The minimum atomic E-state index is 0.238. The average molecular weight is 214 g/mol. The van der Waals surface area contributed by atoms with Crippen LogP contribution in [0.25, 0.3) is 0 Å². The highest BCUT2D eigenvalue weighted by atomic mass is 32.2. The van der Waals surface area contributed by atoms with E-state index in [4.69, 9.17) is 5.73 Å². The fourth-order valence-electron chi connectivity index (χ4n) is 1.04. The van der Waals surface area contributed by atoms with Crippen molar-refractivity contribution in [3.63, 3.8) is 0 Å². The Hall–Kier alpha value is -0.550. The van der Waals surface area contributed by atoms with E-state index in [9.17, 15) is 0 Å². The first-order chi connectivity index (χ1) is 6.65. The van der Waals surface area contributed by atoms with Gasteiger partial charge in [-0.15, -0.1) is 10.2 Å². The van der Waals surface area contributed by atoms with Crippen LogP contribution >= 0.6 is 11.8 Å². The second kappa shape index (κ2) is 5.36. The van der Waals surface area contributed by atoms with Gasteiger partial charge in [-0.1, -0.05) is 32.0 Å². The van der Waals surface area contributed by atoms with Crippen LogP contribution in [0.4, 0.5) is 0 Å². The third-order valence-corrected chi connectivity index (χ3v) is 3.63. The quantitative estimate of drug-likeness (QED) is 0.750. The van der Waals surface area contributed by atoms with Gasteiger partial charge < -0.3 is 10.3 Å². The number of aromatic nitrogens is 3. The summed E-state index contributed by atoms with van der Waals surface area (Å²) in [4.78, 5) is 0. The number of hydrogen-bond acceptors (Lipinski definition) is 4. The number of hydrogen-bond donors (Lipinski definition) is 1. The summed E-state index contributed by atoms with van der Waals surface area (Å²) in [5.41, 5.74) is 6.02. The van der Waals surface area contributed by atoms with Crippen molar-refractivity contribution in [3.05, 3.63) is 6.33 Å². The molecule has 0 aliphatic rings. The first-order valence-electron chi connectivity index (χ1n) is 4.87. The monoisotopic (exact) mass is 214 g/mol. The standard InChI is InChI=1S/C9H18N4S/c1-4-7(2)8(10)5-14-9-12-11-6-13(9)3/h6-8H,4-5,10H2,1-3H3. The lowest BCUT2D eigenvalue weighted by molar-refractivity contribution is 0.475. The Labute approximate surface area is 89.3 Å². The predicted octanol–water partition coefficient (Wildman–Crippen LogP) is 1.28. The van der Waals surface area contributed by atoms with E-state index in [1.54, 1.807) is 18.1 Å². The Bertz CT molecular complexity index is 274. The Morgan fingerprint density at radius 3 is 2.86 bits per heavy atom. The van der Waals surface area contributed by atoms with Crippen LogP contribution < -0.4 is 5.73 Å². The molecule has 1 aromatic heterocycles. The number of rotatable bonds is 5. The van der Waals surface area contributed by atoms with Gasteiger partial charge in [-0.2, -0.15) is 0 Å². The zero-order chi connectivity index (χ0) is 10.6. The lowest BCUT2D eigenvalue weighted by atomic mass is 10.0. The van der Waals surface area contributed by atoms with Crippen LogP contribution in [-0.4, -0.2) is 26.6 Å². The molecule has 0 saturated heterocycles. The molecular formula is C9H18N4S. The molecule has 0 bridgehead atoms. The van der Waals surface area contributed by atoms with Gasteiger partial charge in [0.05, 0.1) is 0 Å². The second-order valence-corrected chi connectivity index (χ2v) is 4.57. The topological polar surface area (TPSA) is 56.7 Å². The maximum absolute atomic E-state index is 6.02. The summed E-state index contributed by atoms with van der Waals surface area (Å²) < 4.78 is 1.91.